The van der Waals surface area contributed by atoms with Crippen molar-refractivity contribution >= 4 is 56.1 Å². The molecule has 2 N–H and O–H groups in total. The predicted molar refractivity (Wildman–Crippen MR) is 126 cm³/mol. The molecule has 1 aromatic heterocycles. The van der Waals surface area contributed by atoms with Gasteiger partial charge in [-0.05, 0) is 35.2 Å². The highest BCUT2D eigenvalue weighted by Gasteiger charge is 2.44. The maximum Gasteiger partial charge on any atom is 0.197 e. The molecule has 0 radical (unpaired) electrons. The normalized spacial score (nSPS) is 20.8. The third-order valence-electron chi connectivity index (χ3n) is 5.75. The van der Waals surface area contributed by atoms with Crippen LogP contribution in [0.5, 0.6) is 0 Å². The van der Waals surface area contributed by atoms with Gasteiger partial charge in [0.1, 0.15) is 10.8 Å². The van der Waals surface area contributed by atoms with E-state index in [4.69, 9.17) is 38.7 Å². The van der Waals surface area contributed by atoms with Gasteiger partial charge in [0, 0.05) is 28.5 Å². The molecular weight excluding hydrogens is 451 g/mol. The monoisotopic (exact) mass is 470 g/mol. The number of Topliss-reactive ketones (excluding diaryl/α,β-unsaturated/α-hetero) is 1. The van der Waals surface area contributed by atoms with Crippen LogP contribution in [-0.4, -0.2) is 10.8 Å². The van der Waals surface area contributed by atoms with Gasteiger partial charge in [0.15, 0.2) is 11.7 Å². The molecule has 158 valence electrons. The maximum atomic E-state index is 13.4. The SMILES string of the molecule is CC1(C)CC(=O)C2=C(C1)OC(N)=C(c1nc3ccccc3s1)C2c1ccc(Cl)cc1Cl. The van der Waals surface area contributed by atoms with Gasteiger partial charge in [0.05, 0.1) is 21.7 Å². The van der Waals surface area contributed by atoms with Gasteiger partial charge in [-0.1, -0.05) is 55.2 Å². The van der Waals surface area contributed by atoms with Crippen LogP contribution in [0.25, 0.3) is 15.8 Å². The van der Waals surface area contributed by atoms with Crippen molar-refractivity contribution in [2.75, 3.05) is 0 Å². The minimum atomic E-state index is -0.460. The first-order chi connectivity index (χ1) is 14.7. The van der Waals surface area contributed by atoms with Gasteiger partial charge < -0.3 is 10.5 Å². The number of rotatable bonds is 2. The molecule has 2 aromatic carbocycles. The number of thiazole rings is 1. The number of carbonyl (C=O) groups is 1. The standard InChI is InChI=1S/C24H20Cl2N2O2S/c1-24(2)10-16(29)20-17(11-24)30-22(27)21(19(20)13-8-7-12(25)9-14(13)26)23-28-15-5-3-4-6-18(15)31-23/h3-9,19H,10-11,27H2,1-2H3. The number of halogens is 2. The Morgan fingerprint density at radius 1 is 1.13 bits per heavy atom. The lowest BCUT2D eigenvalue weighted by Gasteiger charge is -2.38. The average molecular weight is 471 g/mol. The number of benzene rings is 2. The fraction of sp³-hybridized carbons (Fsp3) is 0.250. The Balaban J connectivity index is 1.75. The third-order valence-corrected chi connectivity index (χ3v) is 7.38. The number of nitrogens with two attached hydrogens (primary N) is 1. The topological polar surface area (TPSA) is 65.2 Å². The lowest BCUT2D eigenvalue weighted by molar-refractivity contribution is -0.118. The summed E-state index contributed by atoms with van der Waals surface area (Å²) in [5.74, 6) is 0.477. The second-order valence-corrected chi connectivity index (χ2v) is 10.6. The summed E-state index contributed by atoms with van der Waals surface area (Å²) in [6.07, 6.45) is 1.06. The highest BCUT2D eigenvalue weighted by Crippen LogP contribution is 2.52. The van der Waals surface area contributed by atoms with Gasteiger partial charge >= 0.3 is 0 Å². The Labute approximate surface area is 194 Å². The largest absolute Gasteiger partial charge is 0.445 e. The molecule has 0 fully saturated rings. The minimum Gasteiger partial charge on any atom is -0.445 e. The molecule has 31 heavy (non-hydrogen) atoms. The van der Waals surface area contributed by atoms with Crippen LogP contribution in [0.1, 0.15) is 43.2 Å². The summed E-state index contributed by atoms with van der Waals surface area (Å²) in [7, 11) is 0. The molecule has 1 aliphatic heterocycles. The number of hydrogen-bond donors (Lipinski definition) is 1. The molecule has 7 heteroatoms. The highest BCUT2D eigenvalue weighted by molar-refractivity contribution is 7.19. The summed E-state index contributed by atoms with van der Waals surface area (Å²) in [5, 5.41) is 1.74. The fourth-order valence-electron chi connectivity index (χ4n) is 4.43. The van der Waals surface area contributed by atoms with Crippen molar-refractivity contribution in [1.29, 1.82) is 0 Å². The van der Waals surface area contributed by atoms with Crippen LogP contribution < -0.4 is 5.73 Å². The number of para-hydroxylation sites is 1. The van der Waals surface area contributed by atoms with Gasteiger partial charge in [0.2, 0.25) is 0 Å². The van der Waals surface area contributed by atoms with E-state index in [1.807, 2.05) is 30.3 Å². The zero-order chi connectivity index (χ0) is 21.9. The predicted octanol–water partition coefficient (Wildman–Crippen LogP) is 6.69. The van der Waals surface area contributed by atoms with Crippen LogP contribution in [0.4, 0.5) is 0 Å². The summed E-state index contributed by atoms with van der Waals surface area (Å²) in [5.41, 5.74) is 9.24. The second kappa shape index (κ2) is 7.37. The molecular formula is C24H20Cl2N2O2S. The van der Waals surface area contributed by atoms with Crippen LogP contribution in [0, 0.1) is 5.41 Å². The van der Waals surface area contributed by atoms with Crippen LogP contribution in [0.2, 0.25) is 10.0 Å². The van der Waals surface area contributed by atoms with Crippen LogP contribution >= 0.6 is 34.5 Å². The molecule has 2 aliphatic rings. The molecule has 1 atom stereocenters. The lowest BCUT2D eigenvalue weighted by atomic mass is 9.70. The van der Waals surface area contributed by atoms with E-state index in [-0.39, 0.29) is 17.1 Å². The van der Waals surface area contributed by atoms with E-state index in [0.29, 0.717) is 39.8 Å². The van der Waals surface area contributed by atoms with Crippen molar-refractivity contribution in [3.8, 4) is 0 Å². The Morgan fingerprint density at radius 3 is 2.65 bits per heavy atom. The molecule has 0 saturated carbocycles. The molecule has 4 nitrogen and oxygen atoms in total. The van der Waals surface area contributed by atoms with Gasteiger partial charge in [0.25, 0.3) is 0 Å². The Hall–Kier alpha value is -2.34. The van der Waals surface area contributed by atoms with E-state index in [2.05, 4.69) is 13.8 Å². The van der Waals surface area contributed by atoms with E-state index < -0.39 is 5.92 Å². The van der Waals surface area contributed by atoms with Crippen LogP contribution in [-0.2, 0) is 9.53 Å². The number of allylic oxidation sites excluding steroid dienone is 3. The Kier molecular flexibility index (Phi) is 4.88. The summed E-state index contributed by atoms with van der Waals surface area (Å²) in [4.78, 5) is 18.2. The first-order valence-electron chi connectivity index (χ1n) is 9.98. The number of fused-ring (bicyclic) bond motifs is 1. The summed E-state index contributed by atoms with van der Waals surface area (Å²) >= 11 is 14.3. The van der Waals surface area contributed by atoms with Gasteiger partial charge in [-0.25, -0.2) is 4.98 Å². The molecule has 2 heterocycles. The number of aromatic nitrogens is 1. The van der Waals surface area contributed by atoms with E-state index in [1.54, 1.807) is 12.1 Å². The second-order valence-electron chi connectivity index (χ2n) is 8.74. The molecule has 1 unspecified atom stereocenters. The van der Waals surface area contributed by atoms with Crippen LogP contribution in [0.3, 0.4) is 0 Å². The van der Waals surface area contributed by atoms with Crippen molar-refractivity contribution in [1.82, 2.24) is 4.98 Å². The molecule has 0 amide bonds. The molecule has 0 saturated heterocycles. The van der Waals surface area contributed by atoms with Crippen molar-refractivity contribution in [3.05, 3.63) is 80.3 Å². The number of ether oxygens (including phenoxy) is 1. The van der Waals surface area contributed by atoms with Crippen molar-refractivity contribution in [2.24, 2.45) is 11.1 Å². The van der Waals surface area contributed by atoms with Gasteiger partial charge in [-0.15, -0.1) is 11.3 Å². The fourth-order valence-corrected chi connectivity index (χ4v) is 5.99. The number of nitrogens with zero attached hydrogens (tertiary/aromatic N) is 1. The zero-order valence-corrected chi connectivity index (χ0v) is 19.4. The smallest absolute Gasteiger partial charge is 0.197 e. The summed E-state index contributed by atoms with van der Waals surface area (Å²) in [6, 6.07) is 13.2. The van der Waals surface area contributed by atoms with Crippen LogP contribution in [0.15, 0.2) is 59.7 Å². The molecule has 0 bridgehead atoms. The first kappa shape index (κ1) is 20.6. The summed E-state index contributed by atoms with van der Waals surface area (Å²) in [6.45, 7) is 4.12. The maximum absolute atomic E-state index is 13.4. The molecule has 5 rings (SSSR count). The van der Waals surface area contributed by atoms with Crippen molar-refractivity contribution in [3.63, 3.8) is 0 Å². The van der Waals surface area contributed by atoms with Crippen molar-refractivity contribution < 1.29 is 9.53 Å². The van der Waals surface area contributed by atoms with E-state index in [0.717, 1.165) is 20.8 Å². The Bertz CT molecular complexity index is 1270. The highest BCUT2D eigenvalue weighted by atomic mass is 35.5. The van der Waals surface area contributed by atoms with Gasteiger partial charge in [-0.3, -0.25) is 4.79 Å². The molecule has 1 aliphatic carbocycles. The molecule has 0 spiro atoms. The quantitative estimate of drug-likeness (QED) is 0.452. The van der Waals surface area contributed by atoms with Gasteiger partial charge in [-0.2, -0.15) is 0 Å². The minimum absolute atomic E-state index is 0.0494. The molecule has 3 aromatic rings. The first-order valence-corrected chi connectivity index (χ1v) is 11.6. The van der Waals surface area contributed by atoms with E-state index in [1.165, 1.54) is 11.3 Å². The lowest BCUT2D eigenvalue weighted by Crippen LogP contribution is -2.33. The van der Waals surface area contributed by atoms with Crippen molar-refractivity contribution in [2.45, 2.75) is 32.6 Å². The summed E-state index contributed by atoms with van der Waals surface area (Å²) < 4.78 is 7.13. The van der Waals surface area contributed by atoms with E-state index >= 15 is 0 Å². The third kappa shape index (κ3) is 3.55. The average Bonchev–Trinajstić information content (AvgIpc) is 3.09. The number of carbonyl (C=O) groups excluding carboxylic acids is 1. The number of hydrogen-bond acceptors (Lipinski definition) is 5. The Morgan fingerprint density at radius 2 is 1.90 bits per heavy atom. The zero-order valence-electron chi connectivity index (χ0n) is 17.0. The number of ketones is 1. The van der Waals surface area contributed by atoms with E-state index in [9.17, 15) is 4.79 Å².